The minimum absolute atomic E-state index is 0.183. The Bertz CT molecular complexity index is 993. The van der Waals surface area contributed by atoms with Gasteiger partial charge in [0.1, 0.15) is 12.3 Å². The molecule has 0 saturated carbocycles. The second kappa shape index (κ2) is 5.85. The van der Waals surface area contributed by atoms with E-state index in [1.165, 1.54) is 0 Å². The third-order valence-corrected chi connectivity index (χ3v) is 4.19. The molecular formula is C21H17NO2. The first kappa shape index (κ1) is 14.5. The summed E-state index contributed by atoms with van der Waals surface area (Å²) in [4.78, 5) is 12.4. The van der Waals surface area contributed by atoms with Gasteiger partial charge in [0.05, 0.1) is 0 Å². The van der Waals surface area contributed by atoms with Gasteiger partial charge in [-0.15, -0.1) is 0 Å². The van der Waals surface area contributed by atoms with E-state index in [2.05, 4.69) is 12.1 Å². The van der Waals surface area contributed by atoms with Crippen molar-refractivity contribution in [2.75, 3.05) is 0 Å². The van der Waals surface area contributed by atoms with Crippen molar-refractivity contribution in [2.24, 2.45) is 0 Å². The van der Waals surface area contributed by atoms with Gasteiger partial charge in [-0.3, -0.25) is 0 Å². The summed E-state index contributed by atoms with van der Waals surface area (Å²) in [6.45, 7) is 2.16. The number of hydrogen-bond acceptors (Lipinski definition) is 2. The summed E-state index contributed by atoms with van der Waals surface area (Å²) in [5, 5.41) is 2.30. The van der Waals surface area contributed by atoms with E-state index in [1.54, 1.807) is 6.07 Å². The average Bonchev–Trinajstić information content (AvgIpc) is 2.90. The highest BCUT2D eigenvalue weighted by molar-refractivity contribution is 6.08. The molecule has 1 aromatic heterocycles. The molecule has 0 N–H and O–H groups in total. The highest BCUT2D eigenvalue weighted by Gasteiger charge is 2.13. The number of para-hydroxylation sites is 2. The number of carbonyl (C=O) groups is 1. The number of nitrogens with zero attached hydrogens (tertiary/aromatic N) is 1. The predicted octanol–water partition coefficient (Wildman–Crippen LogP) is 4.71. The van der Waals surface area contributed by atoms with Crippen molar-refractivity contribution in [2.45, 2.75) is 13.5 Å². The summed E-state index contributed by atoms with van der Waals surface area (Å²) in [5.41, 5.74) is 3.15. The van der Waals surface area contributed by atoms with E-state index < -0.39 is 0 Å². The standard InChI is InChI=1S/C21H17NO2/c1-15-7-6-8-16(13-15)24-21(23)14-22-19-11-4-2-9-17(19)18-10-3-5-12-20(18)22/h2-13H,14H2,1H3. The van der Waals surface area contributed by atoms with E-state index in [1.807, 2.05) is 66.1 Å². The van der Waals surface area contributed by atoms with Crippen molar-refractivity contribution < 1.29 is 9.53 Å². The molecule has 3 nitrogen and oxygen atoms in total. The molecule has 0 aliphatic heterocycles. The number of aromatic nitrogens is 1. The normalized spacial score (nSPS) is 11.0. The molecule has 3 heteroatoms. The lowest BCUT2D eigenvalue weighted by Gasteiger charge is -2.08. The zero-order valence-corrected chi connectivity index (χ0v) is 13.4. The van der Waals surface area contributed by atoms with Crippen molar-refractivity contribution in [3.63, 3.8) is 0 Å². The van der Waals surface area contributed by atoms with Gasteiger partial charge in [0, 0.05) is 21.8 Å². The summed E-state index contributed by atoms with van der Waals surface area (Å²) in [6.07, 6.45) is 0. The van der Waals surface area contributed by atoms with Crippen LogP contribution in [-0.2, 0) is 11.3 Å². The first-order chi connectivity index (χ1) is 11.7. The van der Waals surface area contributed by atoms with E-state index >= 15 is 0 Å². The predicted molar refractivity (Wildman–Crippen MR) is 96.3 cm³/mol. The van der Waals surface area contributed by atoms with Crippen LogP contribution in [-0.4, -0.2) is 10.5 Å². The molecule has 0 aliphatic carbocycles. The topological polar surface area (TPSA) is 31.2 Å². The number of benzene rings is 3. The van der Waals surface area contributed by atoms with Gasteiger partial charge in [-0.25, -0.2) is 4.79 Å². The fourth-order valence-electron chi connectivity index (χ4n) is 3.15. The van der Waals surface area contributed by atoms with Crippen LogP contribution >= 0.6 is 0 Å². The van der Waals surface area contributed by atoms with Crippen LogP contribution in [0.15, 0.2) is 72.8 Å². The van der Waals surface area contributed by atoms with Crippen LogP contribution in [0.25, 0.3) is 21.8 Å². The van der Waals surface area contributed by atoms with Gasteiger partial charge < -0.3 is 9.30 Å². The van der Waals surface area contributed by atoms with Crippen LogP contribution in [0.2, 0.25) is 0 Å². The number of carbonyl (C=O) groups excluding carboxylic acids is 1. The molecule has 4 rings (SSSR count). The number of rotatable bonds is 3. The second-order valence-electron chi connectivity index (χ2n) is 5.91. The second-order valence-corrected chi connectivity index (χ2v) is 5.91. The summed E-state index contributed by atoms with van der Waals surface area (Å²) in [5.74, 6) is 0.313. The van der Waals surface area contributed by atoms with E-state index in [0.717, 1.165) is 27.4 Å². The van der Waals surface area contributed by atoms with Gasteiger partial charge in [-0.05, 0) is 36.8 Å². The van der Waals surface area contributed by atoms with Crippen LogP contribution in [0.4, 0.5) is 0 Å². The molecule has 0 saturated heterocycles. The Morgan fingerprint density at radius 1 is 0.875 bits per heavy atom. The zero-order chi connectivity index (χ0) is 16.5. The summed E-state index contributed by atoms with van der Waals surface area (Å²) >= 11 is 0. The van der Waals surface area contributed by atoms with Gasteiger partial charge >= 0.3 is 5.97 Å². The van der Waals surface area contributed by atoms with Crippen molar-refractivity contribution in [3.05, 3.63) is 78.4 Å². The fourth-order valence-corrected chi connectivity index (χ4v) is 3.15. The van der Waals surface area contributed by atoms with Crippen molar-refractivity contribution >= 4 is 27.8 Å². The van der Waals surface area contributed by atoms with Crippen molar-refractivity contribution in [1.82, 2.24) is 4.57 Å². The summed E-state index contributed by atoms with van der Waals surface area (Å²) in [6, 6.07) is 23.8. The molecule has 0 fully saturated rings. The molecule has 3 aromatic carbocycles. The Hall–Kier alpha value is -3.07. The highest BCUT2D eigenvalue weighted by atomic mass is 16.5. The van der Waals surface area contributed by atoms with Crippen LogP contribution in [0, 0.1) is 6.92 Å². The molecule has 4 aromatic rings. The Morgan fingerprint density at radius 2 is 1.50 bits per heavy atom. The SMILES string of the molecule is Cc1cccc(OC(=O)Cn2c3ccccc3c3ccccc32)c1. The van der Waals surface area contributed by atoms with Crippen molar-refractivity contribution in [3.8, 4) is 5.75 Å². The van der Waals surface area contributed by atoms with Gasteiger partial charge in [-0.1, -0.05) is 48.5 Å². The third-order valence-electron chi connectivity index (χ3n) is 4.19. The zero-order valence-electron chi connectivity index (χ0n) is 13.4. The largest absolute Gasteiger partial charge is 0.425 e. The van der Waals surface area contributed by atoms with E-state index in [9.17, 15) is 4.79 Å². The molecule has 0 radical (unpaired) electrons. The minimum atomic E-state index is -0.271. The fraction of sp³-hybridized carbons (Fsp3) is 0.0952. The lowest BCUT2D eigenvalue weighted by molar-refractivity contribution is -0.134. The lowest BCUT2D eigenvalue weighted by Crippen LogP contribution is -2.16. The van der Waals surface area contributed by atoms with E-state index in [0.29, 0.717) is 5.75 Å². The molecule has 118 valence electrons. The Morgan fingerprint density at radius 3 is 2.12 bits per heavy atom. The molecule has 1 heterocycles. The van der Waals surface area contributed by atoms with Gasteiger partial charge in [0.2, 0.25) is 0 Å². The van der Waals surface area contributed by atoms with Crippen LogP contribution in [0.1, 0.15) is 5.56 Å². The summed E-state index contributed by atoms with van der Waals surface area (Å²) < 4.78 is 7.52. The van der Waals surface area contributed by atoms with Crippen LogP contribution in [0.5, 0.6) is 5.75 Å². The molecule has 0 amide bonds. The molecule has 0 spiro atoms. The quantitative estimate of drug-likeness (QED) is 0.405. The molecule has 0 bridgehead atoms. The molecule has 24 heavy (non-hydrogen) atoms. The van der Waals surface area contributed by atoms with Crippen LogP contribution < -0.4 is 4.74 Å². The number of hydrogen-bond donors (Lipinski definition) is 0. The average molecular weight is 315 g/mol. The number of fused-ring (bicyclic) bond motifs is 3. The monoisotopic (exact) mass is 315 g/mol. The van der Waals surface area contributed by atoms with Gasteiger partial charge in [0.15, 0.2) is 0 Å². The number of aryl methyl sites for hydroxylation is 1. The Kier molecular flexibility index (Phi) is 3.54. The minimum Gasteiger partial charge on any atom is -0.425 e. The smallest absolute Gasteiger partial charge is 0.331 e. The Labute approximate surface area is 140 Å². The first-order valence-corrected chi connectivity index (χ1v) is 7.96. The molecule has 0 unspecified atom stereocenters. The maximum absolute atomic E-state index is 12.4. The first-order valence-electron chi connectivity index (χ1n) is 7.96. The Balaban J connectivity index is 1.72. The van der Waals surface area contributed by atoms with Crippen LogP contribution in [0.3, 0.4) is 0 Å². The summed E-state index contributed by atoms with van der Waals surface area (Å²) in [7, 11) is 0. The molecule has 0 atom stereocenters. The maximum Gasteiger partial charge on any atom is 0.331 e. The maximum atomic E-state index is 12.4. The van der Waals surface area contributed by atoms with Gasteiger partial charge in [0.25, 0.3) is 0 Å². The lowest BCUT2D eigenvalue weighted by atomic mass is 10.2. The van der Waals surface area contributed by atoms with Crippen molar-refractivity contribution in [1.29, 1.82) is 0 Å². The van der Waals surface area contributed by atoms with E-state index in [4.69, 9.17) is 4.74 Å². The highest BCUT2D eigenvalue weighted by Crippen LogP contribution is 2.28. The van der Waals surface area contributed by atoms with E-state index in [-0.39, 0.29) is 12.5 Å². The number of ether oxygens (including phenoxy) is 1. The third kappa shape index (κ3) is 2.54. The molecule has 0 aliphatic rings. The van der Waals surface area contributed by atoms with Gasteiger partial charge in [-0.2, -0.15) is 0 Å². The molecular weight excluding hydrogens is 298 g/mol. The number of esters is 1.